The van der Waals surface area contributed by atoms with E-state index in [9.17, 15) is 0 Å². The summed E-state index contributed by atoms with van der Waals surface area (Å²) < 4.78 is 0. The van der Waals surface area contributed by atoms with Crippen molar-refractivity contribution in [2.45, 2.75) is 98.7 Å². The third-order valence-electron chi connectivity index (χ3n) is 6.96. The summed E-state index contributed by atoms with van der Waals surface area (Å²) in [7, 11) is 0. The van der Waals surface area contributed by atoms with Crippen LogP contribution in [0.15, 0.2) is 0 Å². The molecule has 2 aliphatic heterocycles. The second-order valence-corrected chi connectivity index (χ2v) is 9.74. The zero-order valence-electron chi connectivity index (χ0n) is 17.6. The molecule has 2 saturated heterocycles. The summed E-state index contributed by atoms with van der Waals surface area (Å²) in [6.45, 7) is 20.9. The minimum absolute atomic E-state index is 0.703. The van der Waals surface area contributed by atoms with Crippen molar-refractivity contribution in [2.24, 2.45) is 23.7 Å². The first-order chi connectivity index (χ1) is 11.3. The first-order valence-electron chi connectivity index (χ1n) is 10.8. The van der Waals surface area contributed by atoms with Gasteiger partial charge >= 0.3 is 0 Å². The molecule has 0 aromatic carbocycles. The Morgan fingerprint density at radius 3 is 2.17 bits per heavy atom. The van der Waals surface area contributed by atoms with E-state index in [1.807, 2.05) is 0 Å². The molecule has 2 heteroatoms. The third kappa shape index (κ3) is 5.21. The van der Waals surface area contributed by atoms with Gasteiger partial charge in [-0.15, -0.1) is 0 Å². The Morgan fingerprint density at radius 2 is 1.58 bits per heavy atom. The van der Waals surface area contributed by atoms with Crippen LogP contribution in [0.2, 0.25) is 0 Å². The molecule has 2 aliphatic rings. The van der Waals surface area contributed by atoms with Gasteiger partial charge in [-0.05, 0) is 96.6 Å². The summed E-state index contributed by atoms with van der Waals surface area (Å²) in [6, 6.07) is 2.22. The van der Waals surface area contributed by atoms with Gasteiger partial charge in [0.1, 0.15) is 0 Å². The van der Waals surface area contributed by atoms with Crippen molar-refractivity contribution in [1.82, 2.24) is 9.80 Å². The lowest BCUT2D eigenvalue weighted by molar-refractivity contribution is 0.0387. The fraction of sp³-hybridized carbons (Fsp3) is 1.00. The van der Waals surface area contributed by atoms with E-state index in [1.165, 1.54) is 51.7 Å². The van der Waals surface area contributed by atoms with Crippen LogP contribution in [0.1, 0.15) is 80.6 Å². The van der Waals surface area contributed by atoms with Crippen molar-refractivity contribution < 1.29 is 0 Å². The van der Waals surface area contributed by atoms with Crippen molar-refractivity contribution in [3.05, 3.63) is 0 Å². The largest absolute Gasteiger partial charge is 0.301 e. The van der Waals surface area contributed by atoms with Crippen molar-refractivity contribution in [1.29, 1.82) is 0 Å². The quantitative estimate of drug-likeness (QED) is 0.651. The molecule has 0 saturated carbocycles. The van der Waals surface area contributed by atoms with E-state index < -0.39 is 0 Å². The third-order valence-corrected chi connectivity index (χ3v) is 6.96. The molecule has 2 rings (SSSR count). The highest BCUT2D eigenvalue weighted by atomic mass is 15.2. The van der Waals surface area contributed by atoms with Gasteiger partial charge in [0.15, 0.2) is 0 Å². The molecule has 2 fully saturated rings. The molecule has 0 aromatic heterocycles. The lowest BCUT2D eigenvalue weighted by Crippen LogP contribution is -2.49. The first kappa shape index (κ1) is 20.2. The molecule has 142 valence electrons. The zero-order chi connectivity index (χ0) is 17.9. The van der Waals surface area contributed by atoms with E-state index in [0.29, 0.717) is 6.04 Å². The fourth-order valence-electron chi connectivity index (χ4n) is 5.29. The van der Waals surface area contributed by atoms with Crippen LogP contribution >= 0.6 is 0 Å². The Hall–Kier alpha value is -0.0800. The summed E-state index contributed by atoms with van der Waals surface area (Å²) in [6.07, 6.45) is 7.19. The van der Waals surface area contributed by atoms with E-state index in [0.717, 1.165) is 35.8 Å². The maximum Gasteiger partial charge on any atom is 0.0124 e. The van der Waals surface area contributed by atoms with Gasteiger partial charge in [-0.3, -0.25) is 4.90 Å². The van der Waals surface area contributed by atoms with Crippen LogP contribution in [0, 0.1) is 23.7 Å². The van der Waals surface area contributed by atoms with Gasteiger partial charge in [0.2, 0.25) is 0 Å². The van der Waals surface area contributed by atoms with Crippen LogP contribution in [0.25, 0.3) is 0 Å². The molecule has 0 radical (unpaired) electrons. The molecular formula is C22H44N2. The molecule has 2 nitrogen and oxygen atoms in total. The minimum Gasteiger partial charge on any atom is -0.301 e. The summed E-state index contributed by atoms with van der Waals surface area (Å²) in [5.74, 6) is 3.57. The summed E-state index contributed by atoms with van der Waals surface area (Å²) >= 11 is 0. The number of hydrogen-bond acceptors (Lipinski definition) is 2. The number of piperidine rings is 2. The van der Waals surface area contributed by atoms with Gasteiger partial charge in [-0.2, -0.15) is 0 Å². The number of nitrogens with zero attached hydrogens (tertiary/aromatic N) is 2. The van der Waals surface area contributed by atoms with Crippen LogP contribution in [0.5, 0.6) is 0 Å². The Morgan fingerprint density at radius 1 is 0.875 bits per heavy atom. The first-order valence-corrected chi connectivity index (χ1v) is 10.8. The van der Waals surface area contributed by atoms with Crippen LogP contribution < -0.4 is 0 Å². The predicted molar refractivity (Wildman–Crippen MR) is 106 cm³/mol. The monoisotopic (exact) mass is 336 g/mol. The maximum atomic E-state index is 2.77. The lowest BCUT2D eigenvalue weighted by atomic mass is 9.75. The van der Waals surface area contributed by atoms with Crippen LogP contribution in [-0.4, -0.2) is 47.6 Å². The Bertz CT molecular complexity index is 363. The van der Waals surface area contributed by atoms with E-state index >= 15 is 0 Å². The predicted octanol–water partition coefficient (Wildman–Crippen LogP) is 5.28. The van der Waals surface area contributed by atoms with Gasteiger partial charge in [0.25, 0.3) is 0 Å². The number of likely N-dealkylation sites (tertiary alicyclic amines) is 2. The SMILES string of the molecule is CC(C)C1CC(CC(C)C2CCCN(C(C)C)C2)CCN1C(C)C. The average molecular weight is 337 g/mol. The Balaban J connectivity index is 1.88. The minimum atomic E-state index is 0.703. The Kier molecular flexibility index (Phi) is 7.61. The van der Waals surface area contributed by atoms with Gasteiger partial charge in [-0.1, -0.05) is 20.8 Å². The zero-order valence-corrected chi connectivity index (χ0v) is 17.6. The molecule has 4 atom stereocenters. The van der Waals surface area contributed by atoms with E-state index in [-0.39, 0.29) is 0 Å². The fourth-order valence-corrected chi connectivity index (χ4v) is 5.29. The van der Waals surface area contributed by atoms with E-state index in [1.54, 1.807) is 0 Å². The van der Waals surface area contributed by atoms with Crippen molar-refractivity contribution >= 4 is 0 Å². The number of rotatable bonds is 6. The van der Waals surface area contributed by atoms with Gasteiger partial charge in [0, 0.05) is 24.7 Å². The second kappa shape index (κ2) is 9.03. The van der Waals surface area contributed by atoms with Gasteiger partial charge in [-0.25, -0.2) is 0 Å². The summed E-state index contributed by atoms with van der Waals surface area (Å²) in [5.41, 5.74) is 0. The normalized spacial score (nSPS) is 32.0. The summed E-state index contributed by atoms with van der Waals surface area (Å²) in [4.78, 5) is 5.48. The van der Waals surface area contributed by atoms with Crippen LogP contribution in [0.3, 0.4) is 0 Å². The highest BCUT2D eigenvalue weighted by molar-refractivity contribution is 4.87. The highest BCUT2D eigenvalue weighted by Crippen LogP contribution is 2.36. The standard InChI is InChI=1S/C22H44N2/c1-16(2)22-14-20(10-12-24(22)18(5)6)13-19(7)21-9-8-11-23(15-21)17(3)4/h16-22H,8-15H2,1-7H3. The van der Waals surface area contributed by atoms with Crippen molar-refractivity contribution in [3.63, 3.8) is 0 Å². The molecule has 0 N–H and O–H groups in total. The van der Waals surface area contributed by atoms with Crippen LogP contribution in [-0.2, 0) is 0 Å². The van der Waals surface area contributed by atoms with Crippen molar-refractivity contribution in [2.75, 3.05) is 19.6 Å². The van der Waals surface area contributed by atoms with E-state index in [2.05, 4.69) is 58.3 Å². The molecule has 24 heavy (non-hydrogen) atoms. The Labute approximate surface area is 152 Å². The van der Waals surface area contributed by atoms with Crippen LogP contribution in [0.4, 0.5) is 0 Å². The molecular weight excluding hydrogens is 292 g/mol. The number of hydrogen-bond donors (Lipinski definition) is 0. The highest BCUT2D eigenvalue weighted by Gasteiger charge is 2.34. The topological polar surface area (TPSA) is 6.48 Å². The molecule has 0 amide bonds. The molecule has 0 aromatic rings. The molecule has 2 heterocycles. The average Bonchev–Trinajstić information content (AvgIpc) is 2.54. The molecule has 0 aliphatic carbocycles. The molecule has 0 bridgehead atoms. The second-order valence-electron chi connectivity index (χ2n) is 9.74. The lowest BCUT2D eigenvalue weighted by Gasteiger charge is -2.45. The maximum absolute atomic E-state index is 2.77. The van der Waals surface area contributed by atoms with E-state index in [4.69, 9.17) is 0 Å². The van der Waals surface area contributed by atoms with Gasteiger partial charge < -0.3 is 4.90 Å². The molecule has 4 unspecified atom stereocenters. The van der Waals surface area contributed by atoms with Crippen molar-refractivity contribution in [3.8, 4) is 0 Å². The molecule has 0 spiro atoms. The summed E-state index contributed by atoms with van der Waals surface area (Å²) in [5, 5.41) is 0. The van der Waals surface area contributed by atoms with Gasteiger partial charge in [0.05, 0.1) is 0 Å². The smallest absolute Gasteiger partial charge is 0.0124 e.